The molecule has 0 saturated heterocycles. The van der Waals surface area contributed by atoms with Crippen molar-refractivity contribution in [3.63, 3.8) is 0 Å². The lowest BCUT2D eigenvalue weighted by atomic mass is 9.73. The van der Waals surface area contributed by atoms with Crippen molar-refractivity contribution in [2.24, 2.45) is 17.3 Å². The predicted molar refractivity (Wildman–Crippen MR) is 142 cm³/mol. The van der Waals surface area contributed by atoms with Crippen LogP contribution in [-0.4, -0.2) is 35.0 Å². The number of thiazole rings is 1. The summed E-state index contributed by atoms with van der Waals surface area (Å²) in [4.78, 5) is 30.7. The SMILES string of the molecule is Cc1nc(C#CC2CC=CCCC[C@H](C)[C@H](OP)[C@@H](C)C(=O)C(C)(C)[C@@H](OP)CC(=O)O2)cs1. The number of carbonyl (C=O) groups excluding carboxylic acids is 2. The molecule has 0 saturated carbocycles. The Morgan fingerprint density at radius 1 is 1.21 bits per heavy atom. The molecule has 7 atom stereocenters. The summed E-state index contributed by atoms with van der Waals surface area (Å²) < 4.78 is 16.9. The second-order valence-electron chi connectivity index (χ2n) is 9.42. The third-order valence-electron chi connectivity index (χ3n) is 6.38. The van der Waals surface area contributed by atoms with Gasteiger partial charge in [0, 0.05) is 36.7 Å². The van der Waals surface area contributed by atoms with E-state index in [0.717, 1.165) is 24.3 Å². The number of ether oxygens (including phenoxy) is 1. The van der Waals surface area contributed by atoms with Crippen LogP contribution in [0.2, 0.25) is 0 Å². The Bertz CT molecular complexity index is 920. The molecular formula is C25H37NO5P2S. The molecule has 188 valence electrons. The first-order valence-electron chi connectivity index (χ1n) is 11.6. The fourth-order valence-electron chi connectivity index (χ4n) is 4.24. The number of cyclic esters (lactones) is 1. The maximum atomic E-state index is 13.5. The molecule has 0 aliphatic carbocycles. The average Bonchev–Trinajstić information content (AvgIpc) is 3.21. The van der Waals surface area contributed by atoms with Gasteiger partial charge in [-0.3, -0.25) is 9.59 Å². The van der Waals surface area contributed by atoms with Gasteiger partial charge in [0.25, 0.3) is 0 Å². The van der Waals surface area contributed by atoms with Gasteiger partial charge in [-0.25, -0.2) is 4.98 Å². The Labute approximate surface area is 212 Å². The molecule has 0 N–H and O–H groups in total. The van der Waals surface area contributed by atoms with E-state index in [-0.39, 0.29) is 30.1 Å². The van der Waals surface area contributed by atoms with Crippen molar-refractivity contribution in [3.05, 3.63) is 28.2 Å². The number of esters is 1. The third-order valence-corrected chi connectivity index (χ3v) is 7.80. The van der Waals surface area contributed by atoms with Gasteiger partial charge in [0.1, 0.15) is 11.5 Å². The maximum absolute atomic E-state index is 13.5. The fourth-order valence-corrected chi connectivity index (χ4v) is 5.73. The van der Waals surface area contributed by atoms with Crippen LogP contribution in [-0.2, 0) is 23.4 Å². The average molecular weight is 526 g/mol. The van der Waals surface area contributed by atoms with Crippen LogP contribution in [0.3, 0.4) is 0 Å². The molecule has 0 amide bonds. The highest BCUT2D eigenvalue weighted by atomic mass is 32.1. The molecule has 0 aromatic carbocycles. The highest BCUT2D eigenvalue weighted by Gasteiger charge is 2.43. The molecule has 34 heavy (non-hydrogen) atoms. The van der Waals surface area contributed by atoms with Crippen LogP contribution in [0.5, 0.6) is 0 Å². The number of allylic oxidation sites excluding steroid dienone is 1. The van der Waals surface area contributed by atoms with Gasteiger partial charge in [-0.05, 0) is 38.0 Å². The van der Waals surface area contributed by atoms with Crippen LogP contribution >= 0.6 is 30.3 Å². The van der Waals surface area contributed by atoms with Crippen LogP contribution < -0.4 is 0 Å². The molecular weight excluding hydrogens is 488 g/mol. The van der Waals surface area contributed by atoms with E-state index in [9.17, 15) is 9.59 Å². The van der Waals surface area contributed by atoms with Crippen LogP contribution in [0.1, 0.15) is 70.5 Å². The number of nitrogens with zero attached hydrogens (tertiary/aromatic N) is 1. The van der Waals surface area contributed by atoms with Crippen molar-refractivity contribution in [2.75, 3.05) is 0 Å². The van der Waals surface area contributed by atoms with Gasteiger partial charge in [-0.1, -0.05) is 45.8 Å². The Hall–Kier alpha value is -1.15. The zero-order chi connectivity index (χ0) is 25.3. The first kappa shape index (κ1) is 29.1. The molecule has 0 spiro atoms. The number of carbonyl (C=O) groups is 2. The standard InChI is InChI=1S/C25H37NO5P2S/c1-16-10-8-6-7-9-11-20(13-12-19-15-34-18(3)26-19)29-22(27)14-21(30-32)25(4,5)24(28)17(2)23(16)31-33/h7,9,15-17,20-21,23H,6,8,10-11,14,32-33H2,1-5H3/t16-,17+,20?,21-,23-/m0/s1. The summed E-state index contributed by atoms with van der Waals surface area (Å²) in [5.41, 5.74) is -0.251. The topological polar surface area (TPSA) is 74.7 Å². The van der Waals surface area contributed by atoms with E-state index in [2.05, 4.69) is 48.8 Å². The lowest BCUT2D eigenvalue weighted by molar-refractivity contribution is -0.151. The van der Waals surface area contributed by atoms with E-state index in [4.69, 9.17) is 13.8 Å². The van der Waals surface area contributed by atoms with Crippen molar-refractivity contribution in [1.29, 1.82) is 0 Å². The van der Waals surface area contributed by atoms with E-state index < -0.39 is 23.6 Å². The normalized spacial score (nSPS) is 29.2. The van der Waals surface area contributed by atoms with Gasteiger partial charge >= 0.3 is 5.97 Å². The monoisotopic (exact) mass is 525 g/mol. The molecule has 1 aromatic rings. The van der Waals surface area contributed by atoms with Crippen molar-refractivity contribution in [3.8, 4) is 11.8 Å². The minimum Gasteiger partial charge on any atom is -0.449 e. The van der Waals surface area contributed by atoms with Crippen molar-refractivity contribution < 1.29 is 23.4 Å². The minimum absolute atomic E-state index is 0.00529. The lowest BCUT2D eigenvalue weighted by Gasteiger charge is -2.36. The largest absolute Gasteiger partial charge is 0.449 e. The molecule has 1 aromatic heterocycles. The van der Waals surface area contributed by atoms with Gasteiger partial charge in [-0.2, -0.15) is 0 Å². The summed E-state index contributed by atoms with van der Waals surface area (Å²) in [6.07, 6.45) is 5.83. The zero-order valence-electron chi connectivity index (χ0n) is 20.7. The Morgan fingerprint density at radius 2 is 1.94 bits per heavy atom. The van der Waals surface area contributed by atoms with Gasteiger partial charge < -0.3 is 13.8 Å². The van der Waals surface area contributed by atoms with E-state index >= 15 is 0 Å². The lowest BCUT2D eigenvalue weighted by Crippen LogP contribution is -2.46. The van der Waals surface area contributed by atoms with Crippen LogP contribution in [0, 0.1) is 36.0 Å². The molecule has 2 heterocycles. The molecule has 0 fully saturated rings. The third kappa shape index (κ3) is 8.21. The summed E-state index contributed by atoms with van der Waals surface area (Å²) in [5, 5.41) is 2.82. The predicted octanol–water partition coefficient (Wildman–Crippen LogP) is 5.45. The van der Waals surface area contributed by atoms with Gasteiger partial charge in [-0.15, -0.1) is 11.3 Å². The molecule has 2 rings (SSSR count). The fraction of sp³-hybridized carbons (Fsp3) is 0.640. The smallest absolute Gasteiger partial charge is 0.309 e. The summed E-state index contributed by atoms with van der Waals surface area (Å²) in [6.45, 7) is 9.55. The number of Topliss-reactive ketones (excluding diaryl/α,β-unsaturated/α-hetero) is 1. The molecule has 0 bridgehead atoms. The van der Waals surface area contributed by atoms with Crippen molar-refractivity contribution in [2.45, 2.75) is 85.0 Å². The Balaban J connectivity index is 2.30. The molecule has 3 unspecified atom stereocenters. The molecule has 1 aliphatic rings. The number of hydrogen-bond donors (Lipinski definition) is 0. The molecule has 9 heteroatoms. The molecule has 1 aliphatic heterocycles. The van der Waals surface area contributed by atoms with E-state index in [1.807, 2.05) is 39.2 Å². The van der Waals surface area contributed by atoms with Gasteiger partial charge in [0.2, 0.25) is 0 Å². The van der Waals surface area contributed by atoms with Crippen LogP contribution in [0.15, 0.2) is 17.5 Å². The quantitative estimate of drug-likeness (QED) is 0.221. The molecule has 0 radical (unpaired) electrons. The number of rotatable bonds is 2. The van der Waals surface area contributed by atoms with Crippen molar-refractivity contribution in [1.82, 2.24) is 4.98 Å². The second-order valence-corrected chi connectivity index (χ2v) is 11.0. The summed E-state index contributed by atoms with van der Waals surface area (Å²) in [5.74, 6) is 5.44. The Kier molecular flexibility index (Phi) is 11.8. The van der Waals surface area contributed by atoms with Gasteiger partial charge in [0.15, 0.2) is 6.10 Å². The molecule has 6 nitrogen and oxygen atoms in total. The minimum atomic E-state index is -0.919. The highest BCUT2D eigenvalue weighted by molar-refractivity contribution is 7.10. The summed E-state index contributed by atoms with van der Waals surface area (Å²) in [6, 6.07) is 0. The Morgan fingerprint density at radius 3 is 2.56 bits per heavy atom. The summed E-state index contributed by atoms with van der Waals surface area (Å²) in [7, 11) is 4.51. The maximum Gasteiger partial charge on any atom is 0.309 e. The van der Waals surface area contributed by atoms with E-state index in [1.165, 1.54) is 11.3 Å². The number of aryl methyl sites for hydroxylation is 1. The number of hydrogen-bond acceptors (Lipinski definition) is 7. The van der Waals surface area contributed by atoms with Gasteiger partial charge in [0.05, 0.1) is 29.1 Å². The van der Waals surface area contributed by atoms with Crippen LogP contribution in [0.4, 0.5) is 0 Å². The zero-order valence-corrected chi connectivity index (χ0v) is 23.8. The van der Waals surface area contributed by atoms with E-state index in [0.29, 0.717) is 12.1 Å². The van der Waals surface area contributed by atoms with Crippen LogP contribution in [0.25, 0.3) is 0 Å². The summed E-state index contributed by atoms with van der Waals surface area (Å²) >= 11 is 1.53. The highest BCUT2D eigenvalue weighted by Crippen LogP contribution is 2.36. The number of aromatic nitrogens is 1. The van der Waals surface area contributed by atoms with Crippen molar-refractivity contribution >= 4 is 42.0 Å². The first-order chi connectivity index (χ1) is 16.1. The first-order valence-corrected chi connectivity index (χ1v) is 13.5. The van der Waals surface area contributed by atoms with E-state index in [1.54, 1.807) is 0 Å². The second kappa shape index (κ2) is 13.8. The number of ketones is 1.